The maximum absolute atomic E-state index is 15.2. The molecule has 176 valence electrons. The van der Waals surface area contributed by atoms with Gasteiger partial charge in [0.2, 0.25) is 15.8 Å². The lowest BCUT2D eigenvalue weighted by Crippen LogP contribution is -2.44. The average molecular weight is 480 g/mol. The van der Waals surface area contributed by atoms with E-state index in [4.69, 9.17) is 5.26 Å². The van der Waals surface area contributed by atoms with Gasteiger partial charge in [-0.25, -0.2) is 17.8 Å². The number of fused-ring (bicyclic) bond motifs is 1. The summed E-state index contributed by atoms with van der Waals surface area (Å²) in [5.74, 6) is -0.0274. The summed E-state index contributed by atoms with van der Waals surface area (Å²) >= 11 is 0. The molecule has 9 heteroatoms. The lowest BCUT2D eigenvalue weighted by Gasteiger charge is -2.37. The Bertz CT molecular complexity index is 1350. The first-order valence-corrected chi connectivity index (χ1v) is 12.9. The topological polar surface area (TPSA) is 82.2 Å². The minimum Gasteiger partial charge on any atom is -0.364 e. The van der Waals surface area contributed by atoms with Gasteiger partial charge in [-0.1, -0.05) is 36.4 Å². The highest BCUT2D eigenvalue weighted by atomic mass is 32.2. The predicted octanol–water partition coefficient (Wildman–Crippen LogP) is 3.97. The van der Waals surface area contributed by atoms with Crippen molar-refractivity contribution in [2.75, 3.05) is 11.4 Å². The fourth-order valence-electron chi connectivity index (χ4n) is 4.97. The highest BCUT2D eigenvalue weighted by molar-refractivity contribution is 7.89. The number of anilines is 1. The zero-order valence-electron chi connectivity index (χ0n) is 18.9. The number of benzene rings is 2. The molecule has 0 amide bonds. The summed E-state index contributed by atoms with van der Waals surface area (Å²) < 4.78 is 45.5. The minimum absolute atomic E-state index is 0.0112. The summed E-state index contributed by atoms with van der Waals surface area (Å²) in [4.78, 5) is 6.17. The van der Waals surface area contributed by atoms with Crippen molar-refractivity contribution < 1.29 is 12.8 Å². The molecule has 2 aliphatic heterocycles. The molecule has 7 nitrogen and oxygen atoms in total. The Morgan fingerprint density at radius 3 is 2.68 bits per heavy atom. The van der Waals surface area contributed by atoms with Crippen LogP contribution in [0.15, 0.2) is 54.7 Å². The van der Waals surface area contributed by atoms with Crippen LogP contribution in [0.5, 0.6) is 0 Å². The summed E-state index contributed by atoms with van der Waals surface area (Å²) in [7, 11) is -3.63. The molecule has 3 aromatic rings. The molecule has 1 unspecified atom stereocenters. The lowest BCUT2D eigenvalue weighted by molar-refractivity contribution is 0.279. The van der Waals surface area contributed by atoms with E-state index in [1.165, 1.54) is 10.4 Å². The van der Waals surface area contributed by atoms with Crippen molar-refractivity contribution in [3.63, 3.8) is 0 Å². The number of halogens is 1. The summed E-state index contributed by atoms with van der Waals surface area (Å²) in [5, 5.41) is 8.55. The highest BCUT2D eigenvalue weighted by Crippen LogP contribution is 2.38. The number of hydrogen-bond acceptors (Lipinski definition) is 5. The Kier molecular flexibility index (Phi) is 5.88. The Morgan fingerprint density at radius 2 is 1.94 bits per heavy atom. The third kappa shape index (κ3) is 3.97. The third-order valence-electron chi connectivity index (χ3n) is 6.91. The van der Waals surface area contributed by atoms with Gasteiger partial charge in [-0.2, -0.15) is 9.57 Å². The Balaban J connectivity index is 1.36. The van der Waals surface area contributed by atoms with Crippen LogP contribution in [-0.4, -0.2) is 34.9 Å². The van der Waals surface area contributed by atoms with E-state index in [1.54, 1.807) is 12.3 Å². The van der Waals surface area contributed by atoms with Gasteiger partial charge in [-0.3, -0.25) is 0 Å². The van der Waals surface area contributed by atoms with Crippen molar-refractivity contribution in [2.45, 2.75) is 50.7 Å². The van der Waals surface area contributed by atoms with Crippen molar-refractivity contribution in [1.29, 1.82) is 5.26 Å². The Morgan fingerprint density at radius 1 is 1.15 bits per heavy atom. The zero-order valence-corrected chi connectivity index (χ0v) is 19.7. The molecule has 3 heterocycles. The van der Waals surface area contributed by atoms with E-state index in [9.17, 15) is 8.42 Å². The number of rotatable bonds is 4. The average Bonchev–Trinajstić information content (AvgIpc) is 3.25. The molecule has 1 aromatic heterocycles. The fourth-order valence-corrected chi connectivity index (χ4v) is 7.16. The number of sulfonamides is 1. The first kappa shape index (κ1) is 22.6. The van der Waals surface area contributed by atoms with Crippen LogP contribution in [0.25, 0.3) is 0 Å². The van der Waals surface area contributed by atoms with Gasteiger partial charge in [0.15, 0.2) is 0 Å². The highest BCUT2D eigenvalue weighted by Gasteiger charge is 2.40. The van der Waals surface area contributed by atoms with E-state index in [2.05, 4.69) is 11.1 Å². The molecule has 2 aromatic carbocycles. The first-order valence-electron chi connectivity index (χ1n) is 11.4. The quantitative estimate of drug-likeness (QED) is 0.566. The number of nitriles is 1. The minimum atomic E-state index is -3.63. The number of imidazole rings is 1. The van der Waals surface area contributed by atoms with Gasteiger partial charge >= 0.3 is 0 Å². The molecule has 2 atom stereocenters. The van der Waals surface area contributed by atoms with E-state index in [0.29, 0.717) is 37.4 Å². The zero-order chi connectivity index (χ0) is 23.9. The second-order valence-electron chi connectivity index (χ2n) is 8.95. The third-order valence-corrected chi connectivity index (χ3v) is 9.28. The first-order chi connectivity index (χ1) is 16.4. The Labute approximate surface area is 199 Å². The van der Waals surface area contributed by atoms with Crippen LogP contribution < -0.4 is 4.90 Å². The maximum atomic E-state index is 15.2. The van der Waals surface area contributed by atoms with Crippen LogP contribution in [0.2, 0.25) is 0 Å². The van der Waals surface area contributed by atoms with Crippen LogP contribution in [0, 0.1) is 17.1 Å². The molecule has 1 saturated heterocycles. The summed E-state index contributed by atoms with van der Waals surface area (Å²) in [6.45, 7) is 3.66. The molecule has 5 rings (SSSR count). The number of hydrogen-bond donors (Lipinski definition) is 0. The smallest absolute Gasteiger partial charge is 0.221 e. The van der Waals surface area contributed by atoms with E-state index in [-0.39, 0.29) is 12.6 Å². The molecule has 0 N–H and O–H groups in total. The molecular weight excluding hydrogens is 453 g/mol. The second-order valence-corrected chi connectivity index (χ2v) is 11.0. The number of aromatic nitrogens is 2. The van der Waals surface area contributed by atoms with Gasteiger partial charge in [-0.15, -0.1) is 0 Å². The van der Waals surface area contributed by atoms with Crippen LogP contribution in [-0.2, 0) is 29.7 Å². The molecule has 0 saturated carbocycles. The molecule has 0 spiro atoms. The molecule has 2 aliphatic rings. The SMILES string of the molecule is C[C@H]1CCC(c2ccccc2)S(=O)(=O)N1Cc1ccc(N2CCn3c(cnc3C#N)C2)cc1F. The van der Waals surface area contributed by atoms with Gasteiger partial charge in [0, 0.05) is 36.9 Å². The van der Waals surface area contributed by atoms with E-state index >= 15 is 4.39 Å². The van der Waals surface area contributed by atoms with Crippen molar-refractivity contribution in [1.82, 2.24) is 13.9 Å². The monoisotopic (exact) mass is 479 g/mol. The standard InChI is InChI=1S/C25H26FN5O2S/c1-18-7-10-24(19-5-3-2-4-6-19)34(32,33)31(18)16-20-8-9-21(13-23(20)26)29-11-12-30-22(17-29)15-28-25(30)14-27/h2-6,8-9,13,15,18,24H,7,10-12,16-17H2,1H3/t18-,24?/m0/s1. The fraction of sp³-hybridized carbons (Fsp3) is 0.360. The van der Waals surface area contributed by atoms with E-state index < -0.39 is 21.1 Å². The van der Waals surface area contributed by atoms with E-state index in [1.807, 2.05) is 52.8 Å². The molecule has 0 bridgehead atoms. The second kappa shape index (κ2) is 8.85. The predicted molar refractivity (Wildman–Crippen MR) is 127 cm³/mol. The normalized spacial score (nSPS) is 22.2. The molecule has 1 fully saturated rings. The largest absolute Gasteiger partial charge is 0.364 e. The van der Waals surface area contributed by atoms with Crippen molar-refractivity contribution in [3.05, 3.63) is 83.2 Å². The Hall–Kier alpha value is -3.22. The molecule has 0 aliphatic carbocycles. The number of nitrogens with zero attached hydrogens (tertiary/aromatic N) is 5. The van der Waals surface area contributed by atoms with Crippen LogP contribution in [0.3, 0.4) is 0 Å². The van der Waals surface area contributed by atoms with Gasteiger partial charge in [0.1, 0.15) is 17.1 Å². The summed E-state index contributed by atoms with van der Waals surface area (Å²) in [6.07, 6.45) is 2.97. The summed E-state index contributed by atoms with van der Waals surface area (Å²) in [6, 6.07) is 16.1. The molecule has 0 radical (unpaired) electrons. The molecule has 34 heavy (non-hydrogen) atoms. The maximum Gasteiger partial charge on any atom is 0.221 e. The van der Waals surface area contributed by atoms with E-state index in [0.717, 1.165) is 23.4 Å². The lowest BCUT2D eigenvalue weighted by atomic mass is 10.0. The van der Waals surface area contributed by atoms with Crippen molar-refractivity contribution in [3.8, 4) is 6.07 Å². The van der Waals surface area contributed by atoms with Gasteiger partial charge in [0.05, 0.1) is 18.4 Å². The van der Waals surface area contributed by atoms with Crippen molar-refractivity contribution >= 4 is 15.7 Å². The molecular formula is C25H26FN5O2S. The van der Waals surface area contributed by atoms with Gasteiger partial charge in [-0.05, 0) is 37.5 Å². The van der Waals surface area contributed by atoms with Crippen molar-refractivity contribution in [2.24, 2.45) is 0 Å². The van der Waals surface area contributed by atoms with Gasteiger partial charge < -0.3 is 9.47 Å². The summed E-state index contributed by atoms with van der Waals surface area (Å²) in [5.41, 5.74) is 2.78. The van der Waals surface area contributed by atoms with Crippen LogP contribution in [0.4, 0.5) is 10.1 Å². The van der Waals surface area contributed by atoms with Gasteiger partial charge in [0.25, 0.3) is 0 Å². The van der Waals surface area contributed by atoms with Crippen LogP contribution in [0.1, 0.15) is 47.7 Å². The van der Waals surface area contributed by atoms with Crippen LogP contribution >= 0.6 is 0 Å².